The van der Waals surface area contributed by atoms with Crippen molar-refractivity contribution < 1.29 is 8.78 Å². The predicted octanol–water partition coefficient (Wildman–Crippen LogP) is 9.38. The van der Waals surface area contributed by atoms with E-state index in [2.05, 4.69) is 74.0 Å². The smallest absolute Gasteiger partial charge is 0.151 e. The van der Waals surface area contributed by atoms with Crippen LogP contribution in [0.25, 0.3) is 22.1 Å². The van der Waals surface area contributed by atoms with E-state index in [1.807, 2.05) is 23.1 Å². The van der Waals surface area contributed by atoms with Crippen molar-refractivity contribution in [1.29, 1.82) is 0 Å². The first-order valence-corrected chi connectivity index (χ1v) is 19.6. The Hall–Kier alpha value is -4.80. The van der Waals surface area contributed by atoms with Gasteiger partial charge < -0.3 is 30.4 Å². The molecule has 10 rings (SSSR count). The number of aromatic amines is 2. The molecule has 10 heteroatoms. The zero-order chi connectivity index (χ0) is 35.5. The van der Waals surface area contributed by atoms with Crippen LogP contribution in [-0.4, -0.2) is 39.6 Å². The van der Waals surface area contributed by atoms with Crippen LogP contribution in [0.15, 0.2) is 78.9 Å². The summed E-state index contributed by atoms with van der Waals surface area (Å²) in [5, 5.41) is 7.10. The van der Waals surface area contributed by atoms with Crippen LogP contribution in [0.3, 0.4) is 0 Å². The van der Waals surface area contributed by atoms with Gasteiger partial charge in [0.05, 0.1) is 52.3 Å². The van der Waals surface area contributed by atoms with E-state index in [1.165, 1.54) is 0 Å². The van der Waals surface area contributed by atoms with Crippen molar-refractivity contribution in [1.82, 2.24) is 30.6 Å². The molecular formula is C43H46F2N8. The standard InChI is InChI=1S/C43H46F2N8/c44-30-24-29(25-31(45)41(30)52-21-5-4-12-38(52)26-8-2-1-3-9-26)53-39(27-13-15-32-36(22-27)50-42(48-32)34-10-6-19-46-34)17-18-40(53)28-14-16-33-37(23-28)51-43(49-33)35-11-7-20-47-35/h1-3,8-9,13-16,22-25,34-35,38-40,46-47H,4-7,10-12,17-21H2,(H,48,50)(H,49,51)/t34-,35-,38?,39-,40+/m0/s1. The van der Waals surface area contributed by atoms with E-state index in [-0.39, 0.29) is 35.9 Å². The van der Waals surface area contributed by atoms with Crippen molar-refractivity contribution in [3.8, 4) is 0 Å². The predicted molar refractivity (Wildman–Crippen MR) is 206 cm³/mol. The molecule has 0 aliphatic carbocycles. The average Bonchev–Trinajstić information content (AvgIpc) is 4.03. The molecule has 4 aliphatic rings. The number of hydrogen-bond donors (Lipinski definition) is 4. The van der Waals surface area contributed by atoms with Crippen LogP contribution in [-0.2, 0) is 0 Å². The number of anilines is 2. The summed E-state index contributed by atoms with van der Waals surface area (Å²) in [6.07, 6.45) is 8.91. The minimum atomic E-state index is -0.511. The minimum Gasteiger partial charge on any atom is -0.360 e. The van der Waals surface area contributed by atoms with Gasteiger partial charge in [-0.25, -0.2) is 18.7 Å². The Labute approximate surface area is 308 Å². The number of nitrogens with one attached hydrogen (secondary N) is 4. The topological polar surface area (TPSA) is 87.9 Å². The lowest BCUT2D eigenvalue weighted by molar-refractivity contribution is 0.454. The lowest BCUT2D eigenvalue weighted by Crippen LogP contribution is -2.35. The molecule has 1 unspecified atom stereocenters. The number of nitrogens with zero attached hydrogens (tertiary/aromatic N) is 4. The highest BCUT2D eigenvalue weighted by Gasteiger charge is 2.38. The molecule has 8 nitrogen and oxygen atoms in total. The molecule has 272 valence electrons. The summed E-state index contributed by atoms with van der Waals surface area (Å²) in [6, 6.07) is 26.4. The van der Waals surface area contributed by atoms with E-state index in [4.69, 9.17) is 9.97 Å². The molecular weight excluding hydrogens is 667 g/mol. The van der Waals surface area contributed by atoms with E-state index in [1.54, 1.807) is 12.1 Å². The maximum Gasteiger partial charge on any atom is 0.151 e. The lowest BCUT2D eigenvalue weighted by atomic mass is 9.94. The quantitative estimate of drug-likeness (QED) is 0.132. The molecule has 0 saturated carbocycles. The van der Waals surface area contributed by atoms with Crippen LogP contribution < -0.4 is 20.4 Å². The maximum absolute atomic E-state index is 16.7. The van der Waals surface area contributed by atoms with Crippen LogP contribution in [0.4, 0.5) is 20.2 Å². The summed E-state index contributed by atoms with van der Waals surface area (Å²) in [5.41, 5.74) is 7.81. The van der Waals surface area contributed by atoms with Crippen molar-refractivity contribution in [3.05, 3.63) is 119 Å². The van der Waals surface area contributed by atoms with Crippen LogP contribution >= 0.6 is 0 Å². The first-order chi connectivity index (χ1) is 26.1. The normalized spacial score (nSPS) is 25.0. The molecule has 0 amide bonds. The summed E-state index contributed by atoms with van der Waals surface area (Å²) in [5.74, 6) is 0.926. The number of imidazole rings is 2. The third kappa shape index (κ3) is 5.96. The number of halogens is 2. The van der Waals surface area contributed by atoms with Crippen molar-refractivity contribution >= 4 is 33.4 Å². The highest BCUT2D eigenvalue weighted by atomic mass is 19.1. The fourth-order valence-corrected chi connectivity index (χ4v) is 9.70. The van der Waals surface area contributed by atoms with E-state index < -0.39 is 11.6 Å². The molecule has 2 aromatic heterocycles. The number of piperidine rings is 1. The van der Waals surface area contributed by atoms with Gasteiger partial charge in [0.2, 0.25) is 0 Å². The second kappa shape index (κ2) is 13.6. The summed E-state index contributed by atoms with van der Waals surface area (Å²) in [4.78, 5) is 21.2. The van der Waals surface area contributed by atoms with Crippen molar-refractivity contribution in [2.45, 2.75) is 88.0 Å². The molecule has 4 aromatic carbocycles. The van der Waals surface area contributed by atoms with E-state index in [9.17, 15) is 0 Å². The fraction of sp³-hybridized carbons (Fsp3) is 0.395. The van der Waals surface area contributed by atoms with Crippen LogP contribution in [0.1, 0.15) is 116 Å². The van der Waals surface area contributed by atoms with Crippen molar-refractivity contribution in [2.24, 2.45) is 0 Å². The number of hydrogen-bond acceptors (Lipinski definition) is 6. The zero-order valence-corrected chi connectivity index (χ0v) is 29.9. The second-order valence-electron chi connectivity index (χ2n) is 15.5. The van der Waals surface area contributed by atoms with Gasteiger partial charge >= 0.3 is 0 Å². The van der Waals surface area contributed by atoms with Gasteiger partial charge in [0.1, 0.15) is 17.3 Å². The third-order valence-electron chi connectivity index (χ3n) is 12.3. The van der Waals surface area contributed by atoms with E-state index in [0.29, 0.717) is 12.2 Å². The van der Waals surface area contributed by atoms with Crippen molar-refractivity contribution in [2.75, 3.05) is 29.4 Å². The van der Waals surface area contributed by atoms with E-state index in [0.717, 1.165) is 121 Å². The van der Waals surface area contributed by atoms with Crippen LogP contribution in [0.5, 0.6) is 0 Å². The summed E-state index contributed by atoms with van der Waals surface area (Å²) >= 11 is 0. The van der Waals surface area contributed by atoms with Gasteiger partial charge in [0.15, 0.2) is 11.6 Å². The maximum atomic E-state index is 16.7. The Morgan fingerprint density at radius 1 is 0.566 bits per heavy atom. The Kier molecular flexibility index (Phi) is 8.40. The van der Waals surface area contributed by atoms with Crippen LogP contribution in [0.2, 0.25) is 0 Å². The van der Waals surface area contributed by atoms with Gasteiger partial charge in [-0.1, -0.05) is 42.5 Å². The number of benzene rings is 4. The SMILES string of the molecule is Fc1cc(N2[C@@H](c3ccc4nc([C@@H]5CCCN5)[nH]c4c3)CC[C@H]2c2ccc3nc([C@@H]4CCCN4)[nH]c3c2)cc(F)c1N1CCCCC1c1ccccc1. The molecule has 4 aliphatic heterocycles. The number of aromatic nitrogens is 4. The molecule has 53 heavy (non-hydrogen) atoms. The largest absolute Gasteiger partial charge is 0.360 e. The first-order valence-electron chi connectivity index (χ1n) is 19.6. The highest BCUT2D eigenvalue weighted by Crippen LogP contribution is 2.49. The van der Waals surface area contributed by atoms with Crippen molar-refractivity contribution in [3.63, 3.8) is 0 Å². The Morgan fingerprint density at radius 2 is 1.15 bits per heavy atom. The van der Waals surface area contributed by atoms with E-state index >= 15 is 8.78 Å². The van der Waals surface area contributed by atoms with Gasteiger partial charge in [-0.2, -0.15) is 0 Å². The molecule has 0 radical (unpaired) electrons. The van der Waals surface area contributed by atoms with Gasteiger partial charge in [0, 0.05) is 12.2 Å². The second-order valence-corrected chi connectivity index (χ2v) is 15.5. The number of fused-ring (bicyclic) bond motifs is 2. The Morgan fingerprint density at radius 3 is 1.70 bits per heavy atom. The molecule has 4 fully saturated rings. The molecule has 6 aromatic rings. The zero-order valence-electron chi connectivity index (χ0n) is 29.9. The molecule has 0 bridgehead atoms. The van der Waals surface area contributed by atoms with Gasteiger partial charge in [0.25, 0.3) is 0 Å². The monoisotopic (exact) mass is 712 g/mol. The van der Waals surface area contributed by atoms with Crippen LogP contribution in [0, 0.1) is 11.6 Å². The lowest BCUT2D eigenvalue weighted by Gasteiger charge is -2.39. The molecule has 0 spiro atoms. The minimum absolute atomic E-state index is 0.0667. The van der Waals surface area contributed by atoms with Gasteiger partial charge in [-0.15, -0.1) is 0 Å². The Bertz CT molecular complexity index is 2130. The third-order valence-corrected chi connectivity index (χ3v) is 12.3. The molecule has 4 saturated heterocycles. The molecule has 4 N–H and O–H groups in total. The van der Waals surface area contributed by atoms with Gasteiger partial charge in [-0.3, -0.25) is 0 Å². The number of rotatable bonds is 7. The first kappa shape index (κ1) is 32.8. The highest BCUT2D eigenvalue weighted by molar-refractivity contribution is 5.78. The molecule has 6 heterocycles. The van der Waals surface area contributed by atoms with Gasteiger partial charge in [-0.05, 0) is 124 Å². The number of H-pyrrole nitrogens is 2. The summed E-state index contributed by atoms with van der Waals surface area (Å²) in [6.45, 7) is 2.63. The fourth-order valence-electron chi connectivity index (χ4n) is 9.70. The molecule has 5 atom stereocenters. The summed E-state index contributed by atoms with van der Waals surface area (Å²) in [7, 11) is 0. The summed E-state index contributed by atoms with van der Waals surface area (Å²) < 4.78 is 33.3. The Balaban J connectivity index is 1.04. The average molecular weight is 713 g/mol.